The molecule has 0 aliphatic carbocycles. The largest absolute Gasteiger partial charge is 0.387 e. The summed E-state index contributed by atoms with van der Waals surface area (Å²) in [5.74, 6) is -0.783. The minimum atomic E-state index is -1.11. The molecule has 0 amide bonds. The van der Waals surface area contributed by atoms with E-state index >= 15 is 0 Å². The van der Waals surface area contributed by atoms with Crippen LogP contribution in [0.4, 0.5) is 0 Å². The lowest BCUT2D eigenvalue weighted by molar-refractivity contribution is -0.382. The van der Waals surface area contributed by atoms with E-state index < -0.39 is 36.5 Å². The van der Waals surface area contributed by atoms with Gasteiger partial charge in [-0.05, 0) is 20.3 Å². The fourth-order valence-electron chi connectivity index (χ4n) is 3.76. The number of aliphatic hydroxyl groups is 2. The van der Waals surface area contributed by atoms with E-state index in [1.807, 2.05) is 0 Å². The molecule has 27 heavy (non-hydrogen) atoms. The van der Waals surface area contributed by atoms with Crippen LogP contribution in [0.3, 0.4) is 0 Å². The van der Waals surface area contributed by atoms with Crippen LogP contribution in [0.15, 0.2) is 0 Å². The Balaban J connectivity index is 1.55. The van der Waals surface area contributed by atoms with Crippen LogP contribution in [0.2, 0.25) is 0 Å². The minimum Gasteiger partial charge on any atom is -0.387 e. The number of hydrogen-bond donors (Lipinski definition) is 2. The van der Waals surface area contributed by atoms with Crippen LogP contribution in [0.5, 0.6) is 0 Å². The molecule has 0 aromatic carbocycles. The lowest BCUT2D eigenvalue weighted by Crippen LogP contribution is -2.64. The van der Waals surface area contributed by atoms with Crippen LogP contribution in [0.1, 0.15) is 85.0 Å². The lowest BCUT2D eigenvalue weighted by Gasteiger charge is -2.48. The van der Waals surface area contributed by atoms with Crippen molar-refractivity contribution in [2.75, 3.05) is 13.2 Å². The predicted molar refractivity (Wildman–Crippen MR) is 103 cm³/mol. The SMILES string of the molecule is CCCCCCCCCCCCO[C@@H]1O[C@@H]2COC(C)(C)O[C@H]2[C@H](O)[C@H]1O. The summed E-state index contributed by atoms with van der Waals surface area (Å²) in [6.07, 6.45) is 8.63. The first-order chi connectivity index (χ1) is 12.9. The van der Waals surface area contributed by atoms with Gasteiger partial charge < -0.3 is 29.2 Å². The highest BCUT2D eigenvalue weighted by Gasteiger charge is 2.50. The average Bonchev–Trinajstić information content (AvgIpc) is 2.64. The molecule has 2 fully saturated rings. The summed E-state index contributed by atoms with van der Waals surface area (Å²) in [5.41, 5.74) is 0. The first kappa shape index (κ1) is 23.0. The van der Waals surface area contributed by atoms with Crippen molar-refractivity contribution < 1.29 is 29.2 Å². The second-order valence-corrected chi connectivity index (χ2v) is 8.37. The summed E-state index contributed by atoms with van der Waals surface area (Å²) in [4.78, 5) is 0. The summed E-state index contributed by atoms with van der Waals surface area (Å²) < 4.78 is 22.8. The molecular weight excluding hydrogens is 348 g/mol. The van der Waals surface area contributed by atoms with Crippen molar-refractivity contribution in [3.63, 3.8) is 0 Å². The highest BCUT2D eigenvalue weighted by atomic mass is 16.8. The molecule has 2 rings (SSSR count). The fraction of sp³-hybridized carbons (Fsp3) is 1.00. The van der Waals surface area contributed by atoms with Gasteiger partial charge in [-0.25, -0.2) is 0 Å². The Morgan fingerprint density at radius 1 is 0.889 bits per heavy atom. The monoisotopic (exact) mass is 388 g/mol. The van der Waals surface area contributed by atoms with Crippen LogP contribution in [-0.4, -0.2) is 59.9 Å². The van der Waals surface area contributed by atoms with Crippen molar-refractivity contribution >= 4 is 0 Å². The first-order valence-electron chi connectivity index (χ1n) is 10.9. The van der Waals surface area contributed by atoms with E-state index in [1.165, 1.54) is 51.4 Å². The number of ether oxygens (including phenoxy) is 4. The zero-order valence-electron chi connectivity index (χ0n) is 17.4. The number of aliphatic hydroxyl groups excluding tert-OH is 2. The maximum absolute atomic E-state index is 10.4. The maximum atomic E-state index is 10.4. The normalized spacial score (nSPS) is 33.0. The number of fused-ring (bicyclic) bond motifs is 1. The highest BCUT2D eigenvalue weighted by molar-refractivity contribution is 4.93. The van der Waals surface area contributed by atoms with Crippen molar-refractivity contribution in [3.05, 3.63) is 0 Å². The van der Waals surface area contributed by atoms with E-state index in [-0.39, 0.29) is 0 Å². The van der Waals surface area contributed by atoms with E-state index in [9.17, 15) is 10.2 Å². The molecule has 0 spiro atoms. The molecule has 0 aromatic rings. The molecule has 6 nitrogen and oxygen atoms in total. The molecule has 2 aliphatic rings. The quantitative estimate of drug-likeness (QED) is 0.498. The van der Waals surface area contributed by atoms with Gasteiger partial charge in [0.25, 0.3) is 0 Å². The topological polar surface area (TPSA) is 77.4 Å². The van der Waals surface area contributed by atoms with Gasteiger partial charge in [0.15, 0.2) is 12.1 Å². The van der Waals surface area contributed by atoms with Crippen LogP contribution in [0, 0.1) is 0 Å². The van der Waals surface area contributed by atoms with Gasteiger partial charge in [0.05, 0.1) is 6.61 Å². The molecule has 160 valence electrons. The van der Waals surface area contributed by atoms with Gasteiger partial charge >= 0.3 is 0 Å². The van der Waals surface area contributed by atoms with Crippen molar-refractivity contribution in [2.24, 2.45) is 0 Å². The Hall–Kier alpha value is -0.240. The molecular formula is C21H40O6. The molecule has 0 unspecified atom stereocenters. The van der Waals surface area contributed by atoms with Crippen molar-refractivity contribution in [1.82, 2.24) is 0 Å². The maximum Gasteiger partial charge on any atom is 0.186 e. The third-order valence-corrected chi connectivity index (χ3v) is 5.44. The molecule has 2 heterocycles. The van der Waals surface area contributed by atoms with Crippen molar-refractivity contribution in [3.8, 4) is 0 Å². The van der Waals surface area contributed by atoms with Gasteiger partial charge in [-0.2, -0.15) is 0 Å². The summed E-state index contributed by atoms with van der Waals surface area (Å²) in [5, 5.41) is 20.6. The van der Waals surface area contributed by atoms with Gasteiger partial charge in [-0.15, -0.1) is 0 Å². The third-order valence-electron chi connectivity index (χ3n) is 5.44. The van der Waals surface area contributed by atoms with Crippen molar-refractivity contribution in [1.29, 1.82) is 0 Å². The fourth-order valence-corrected chi connectivity index (χ4v) is 3.76. The van der Waals surface area contributed by atoms with Gasteiger partial charge in [0.1, 0.15) is 24.4 Å². The third kappa shape index (κ3) is 7.59. The Kier molecular flexibility index (Phi) is 9.97. The van der Waals surface area contributed by atoms with Gasteiger partial charge in [-0.1, -0.05) is 64.7 Å². The molecule has 0 aromatic heterocycles. The molecule has 2 aliphatic heterocycles. The van der Waals surface area contributed by atoms with E-state index in [2.05, 4.69) is 6.92 Å². The number of hydrogen-bond acceptors (Lipinski definition) is 6. The first-order valence-corrected chi connectivity index (χ1v) is 10.9. The Labute approximate surface area is 164 Å². The van der Waals surface area contributed by atoms with Crippen LogP contribution in [0.25, 0.3) is 0 Å². The van der Waals surface area contributed by atoms with Crippen LogP contribution < -0.4 is 0 Å². The predicted octanol–water partition coefficient (Wildman–Crippen LogP) is 3.52. The Morgan fingerprint density at radius 3 is 2.11 bits per heavy atom. The summed E-state index contributed by atoms with van der Waals surface area (Å²) in [7, 11) is 0. The average molecular weight is 389 g/mol. The lowest BCUT2D eigenvalue weighted by atomic mass is 9.97. The highest BCUT2D eigenvalue weighted by Crippen LogP contribution is 2.32. The summed E-state index contributed by atoms with van der Waals surface area (Å²) >= 11 is 0. The van der Waals surface area contributed by atoms with Crippen LogP contribution in [-0.2, 0) is 18.9 Å². The molecule has 2 N–H and O–H groups in total. The van der Waals surface area contributed by atoms with Gasteiger partial charge in [-0.3, -0.25) is 0 Å². The van der Waals surface area contributed by atoms with Gasteiger partial charge in [0.2, 0.25) is 0 Å². The molecule has 0 saturated carbocycles. The number of unbranched alkanes of at least 4 members (excludes halogenated alkanes) is 9. The zero-order chi connectivity index (χ0) is 19.7. The molecule has 2 saturated heterocycles. The smallest absolute Gasteiger partial charge is 0.186 e. The van der Waals surface area contributed by atoms with E-state index in [0.717, 1.165) is 12.8 Å². The summed E-state index contributed by atoms with van der Waals surface area (Å²) in [6, 6.07) is 0. The standard InChI is InChI=1S/C21H40O6/c1-4-5-6-7-8-9-10-11-12-13-14-24-20-18(23)17(22)19-16(26-20)15-25-21(2,3)27-19/h16-20,22-23H,4-15H2,1-3H3/t16-,17-,18-,19-,20-/m1/s1. The van der Waals surface area contributed by atoms with E-state index in [4.69, 9.17) is 18.9 Å². The minimum absolute atomic E-state index is 0.319. The second kappa shape index (κ2) is 11.7. The Bertz CT molecular complexity index is 400. The van der Waals surface area contributed by atoms with Crippen LogP contribution >= 0.6 is 0 Å². The van der Waals surface area contributed by atoms with E-state index in [1.54, 1.807) is 13.8 Å². The van der Waals surface area contributed by atoms with E-state index in [0.29, 0.717) is 13.2 Å². The molecule has 5 atom stereocenters. The van der Waals surface area contributed by atoms with Crippen molar-refractivity contribution in [2.45, 2.75) is 121 Å². The molecule has 6 heteroatoms. The molecule has 0 bridgehead atoms. The number of rotatable bonds is 12. The zero-order valence-corrected chi connectivity index (χ0v) is 17.4. The molecule has 0 radical (unpaired) electrons. The van der Waals surface area contributed by atoms with Gasteiger partial charge in [0, 0.05) is 6.61 Å². The second-order valence-electron chi connectivity index (χ2n) is 8.37. The summed E-state index contributed by atoms with van der Waals surface area (Å²) in [6.45, 7) is 6.66. The Morgan fingerprint density at radius 2 is 1.48 bits per heavy atom.